The van der Waals surface area contributed by atoms with E-state index in [1.54, 1.807) is 23.9 Å². The highest BCUT2D eigenvalue weighted by molar-refractivity contribution is 7.22. The number of thiazole rings is 1. The van der Waals surface area contributed by atoms with Gasteiger partial charge in [-0.15, -0.1) is 0 Å². The van der Waals surface area contributed by atoms with Crippen LogP contribution in [0.2, 0.25) is 0 Å². The van der Waals surface area contributed by atoms with Crippen LogP contribution in [0.5, 0.6) is 0 Å². The molecule has 0 aliphatic heterocycles. The number of hydrogen-bond acceptors (Lipinski definition) is 5. The van der Waals surface area contributed by atoms with Gasteiger partial charge in [-0.1, -0.05) is 23.5 Å². The maximum Gasteiger partial charge on any atom is 0.187 e. The predicted molar refractivity (Wildman–Crippen MR) is 86.9 cm³/mol. The largest absolute Gasteiger partial charge is 0.467 e. The predicted octanol–water partition coefficient (Wildman–Crippen LogP) is 4.69. The Morgan fingerprint density at radius 1 is 0.864 bits per heavy atom. The molecule has 3 aromatic heterocycles. The average molecular weight is 310 g/mol. The number of aromatic nitrogens is 1. The summed E-state index contributed by atoms with van der Waals surface area (Å²) in [6, 6.07) is 15.9. The maximum atomic E-state index is 5.48. The number of nitrogens with zero attached hydrogens (tertiary/aromatic N) is 2. The van der Waals surface area contributed by atoms with Gasteiger partial charge in [0.25, 0.3) is 0 Å². The zero-order valence-electron chi connectivity index (χ0n) is 11.8. The first kappa shape index (κ1) is 13.2. The quantitative estimate of drug-likeness (QED) is 0.536. The second-order valence-electron chi connectivity index (χ2n) is 4.98. The molecule has 0 unspecified atom stereocenters. The fourth-order valence-electron chi connectivity index (χ4n) is 2.37. The molecule has 0 saturated carbocycles. The van der Waals surface area contributed by atoms with Crippen LogP contribution in [0, 0.1) is 0 Å². The number of rotatable bonds is 5. The molecule has 0 bridgehead atoms. The summed E-state index contributed by atoms with van der Waals surface area (Å²) >= 11 is 1.68. The van der Waals surface area contributed by atoms with Gasteiger partial charge in [-0.2, -0.15) is 0 Å². The topological polar surface area (TPSA) is 42.4 Å². The molecule has 0 spiro atoms. The molecule has 22 heavy (non-hydrogen) atoms. The molecule has 5 heteroatoms. The highest BCUT2D eigenvalue weighted by atomic mass is 32.1. The van der Waals surface area contributed by atoms with E-state index in [0.717, 1.165) is 22.2 Å². The van der Waals surface area contributed by atoms with Crippen molar-refractivity contribution in [2.45, 2.75) is 13.1 Å². The summed E-state index contributed by atoms with van der Waals surface area (Å²) in [6.45, 7) is 1.32. The molecule has 0 saturated heterocycles. The van der Waals surface area contributed by atoms with Gasteiger partial charge in [-0.3, -0.25) is 0 Å². The number of para-hydroxylation sites is 1. The summed E-state index contributed by atoms with van der Waals surface area (Å²) in [5.74, 6) is 1.82. The average Bonchev–Trinajstić information content (AvgIpc) is 3.28. The molecule has 0 N–H and O–H groups in total. The van der Waals surface area contributed by atoms with Crippen LogP contribution in [0.3, 0.4) is 0 Å². The van der Waals surface area contributed by atoms with Gasteiger partial charge in [0.1, 0.15) is 11.5 Å². The van der Waals surface area contributed by atoms with Crippen LogP contribution in [-0.2, 0) is 13.1 Å². The Labute approximate surface area is 131 Å². The Bertz CT molecular complexity index is 781. The van der Waals surface area contributed by atoms with E-state index >= 15 is 0 Å². The number of fused-ring (bicyclic) bond motifs is 1. The Morgan fingerprint density at radius 3 is 2.14 bits per heavy atom. The van der Waals surface area contributed by atoms with Gasteiger partial charge in [0, 0.05) is 0 Å². The lowest BCUT2D eigenvalue weighted by Gasteiger charge is -2.19. The Morgan fingerprint density at radius 2 is 1.55 bits per heavy atom. The van der Waals surface area contributed by atoms with E-state index in [1.165, 1.54) is 4.70 Å². The molecule has 0 aliphatic carbocycles. The normalized spacial score (nSPS) is 11.1. The van der Waals surface area contributed by atoms with E-state index in [1.807, 2.05) is 42.5 Å². The van der Waals surface area contributed by atoms with Crippen LogP contribution < -0.4 is 4.90 Å². The van der Waals surface area contributed by atoms with Crippen LogP contribution in [0.25, 0.3) is 10.2 Å². The van der Waals surface area contributed by atoms with Gasteiger partial charge in [0.05, 0.1) is 35.8 Å². The number of hydrogen-bond donors (Lipinski definition) is 0. The van der Waals surface area contributed by atoms with E-state index in [-0.39, 0.29) is 0 Å². The molecular formula is C17H14N2O2S. The van der Waals surface area contributed by atoms with Crippen molar-refractivity contribution < 1.29 is 8.83 Å². The Hall–Kier alpha value is -2.53. The lowest BCUT2D eigenvalue weighted by Crippen LogP contribution is -2.21. The van der Waals surface area contributed by atoms with Crippen LogP contribution in [0.1, 0.15) is 11.5 Å². The van der Waals surface area contributed by atoms with Gasteiger partial charge < -0.3 is 13.7 Å². The third-order valence-electron chi connectivity index (χ3n) is 3.41. The van der Waals surface area contributed by atoms with Crippen LogP contribution in [-0.4, -0.2) is 4.98 Å². The zero-order valence-corrected chi connectivity index (χ0v) is 12.6. The van der Waals surface area contributed by atoms with Crippen molar-refractivity contribution in [2.75, 3.05) is 4.90 Å². The smallest absolute Gasteiger partial charge is 0.187 e. The highest BCUT2D eigenvalue weighted by Crippen LogP contribution is 2.30. The van der Waals surface area contributed by atoms with Crippen LogP contribution in [0.15, 0.2) is 69.9 Å². The summed E-state index contributed by atoms with van der Waals surface area (Å²) in [5, 5.41) is 0.967. The molecule has 4 aromatic rings. The van der Waals surface area contributed by atoms with E-state index in [9.17, 15) is 0 Å². The second kappa shape index (κ2) is 5.69. The lowest BCUT2D eigenvalue weighted by atomic mass is 10.3. The molecule has 1 aromatic carbocycles. The molecule has 0 atom stereocenters. The molecule has 3 heterocycles. The van der Waals surface area contributed by atoms with E-state index in [2.05, 4.69) is 11.0 Å². The SMILES string of the molecule is c1coc(CN(Cc2ccco2)c2nc3ccccc3s2)c1. The molecule has 0 radical (unpaired) electrons. The second-order valence-corrected chi connectivity index (χ2v) is 5.99. The number of benzene rings is 1. The number of furan rings is 2. The highest BCUT2D eigenvalue weighted by Gasteiger charge is 2.15. The molecule has 4 rings (SSSR count). The van der Waals surface area contributed by atoms with Crippen LogP contribution in [0.4, 0.5) is 5.13 Å². The first-order chi connectivity index (χ1) is 10.9. The first-order valence-electron chi connectivity index (χ1n) is 7.04. The zero-order chi connectivity index (χ0) is 14.8. The van der Waals surface area contributed by atoms with E-state index in [0.29, 0.717) is 13.1 Å². The fourth-order valence-corrected chi connectivity index (χ4v) is 3.33. The minimum atomic E-state index is 0.660. The molecule has 110 valence electrons. The minimum Gasteiger partial charge on any atom is -0.467 e. The Balaban J connectivity index is 1.68. The summed E-state index contributed by atoms with van der Waals surface area (Å²) in [6.07, 6.45) is 3.39. The lowest BCUT2D eigenvalue weighted by molar-refractivity contribution is 0.476. The molecule has 4 nitrogen and oxygen atoms in total. The fraction of sp³-hybridized carbons (Fsp3) is 0.118. The summed E-state index contributed by atoms with van der Waals surface area (Å²) < 4.78 is 12.1. The first-order valence-corrected chi connectivity index (χ1v) is 7.85. The number of anilines is 1. The van der Waals surface area contributed by atoms with Crippen molar-refractivity contribution in [3.05, 3.63) is 72.6 Å². The summed E-state index contributed by atoms with van der Waals surface area (Å²) in [5.41, 5.74) is 1.02. The van der Waals surface area contributed by atoms with Gasteiger partial charge in [0.15, 0.2) is 5.13 Å². The van der Waals surface area contributed by atoms with E-state index < -0.39 is 0 Å². The third kappa shape index (κ3) is 2.63. The molecule has 0 aliphatic rings. The van der Waals surface area contributed by atoms with Gasteiger partial charge in [-0.05, 0) is 36.4 Å². The van der Waals surface area contributed by atoms with Crippen molar-refractivity contribution in [2.24, 2.45) is 0 Å². The molecule has 0 fully saturated rings. The van der Waals surface area contributed by atoms with Gasteiger partial charge in [0.2, 0.25) is 0 Å². The van der Waals surface area contributed by atoms with E-state index in [4.69, 9.17) is 13.8 Å². The van der Waals surface area contributed by atoms with Crippen molar-refractivity contribution in [3.8, 4) is 0 Å². The van der Waals surface area contributed by atoms with Crippen molar-refractivity contribution in [1.82, 2.24) is 4.98 Å². The third-order valence-corrected chi connectivity index (χ3v) is 4.50. The van der Waals surface area contributed by atoms with Crippen molar-refractivity contribution >= 4 is 26.7 Å². The summed E-state index contributed by atoms with van der Waals surface area (Å²) in [4.78, 5) is 6.90. The van der Waals surface area contributed by atoms with Gasteiger partial charge in [-0.25, -0.2) is 4.98 Å². The molecular weight excluding hydrogens is 296 g/mol. The molecule has 0 amide bonds. The Kier molecular flexibility index (Phi) is 3.40. The summed E-state index contributed by atoms with van der Waals surface area (Å²) in [7, 11) is 0. The standard InChI is InChI=1S/C17H14N2O2S/c1-2-8-16-15(7-1)18-17(22-16)19(11-13-5-3-9-20-13)12-14-6-4-10-21-14/h1-10H,11-12H2. The van der Waals surface area contributed by atoms with Crippen molar-refractivity contribution in [1.29, 1.82) is 0 Å². The maximum absolute atomic E-state index is 5.48. The van der Waals surface area contributed by atoms with Crippen LogP contribution >= 0.6 is 11.3 Å². The van der Waals surface area contributed by atoms with Gasteiger partial charge >= 0.3 is 0 Å². The monoisotopic (exact) mass is 310 g/mol. The minimum absolute atomic E-state index is 0.660. The van der Waals surface area contributed by atoms with Crippen molar-refractivity contribution in [3.63, 3.8) is 0 Å².